The summed E-state index contributed by atoms with van der Waals surface area (Å²) < 4.78 is 19.1. The predicted molar refractivity (Wildman–Crippen MR) is 103 cm³/mol. The number of carboxylic acid groups (broad SMARTS) is 1. The Balaban J connectivity index is 2.03. The van der Waals surface area contributed by atoms with Crippen LogP contribution in [0, 0.1) is 5.82 Å². The molecule has 0 aliphatic rings. The van der Waals surface area contributed by atoms with Gasteiger partial charge in [0, 0.05) is 16.3 Å². The number of aromatic nitrogens is 1. The van der Waals surface area contributed by atoms with E-state index < -0.39 is 17.7 Å². The van der Waals surface area contributed by atoms with Crippen LogP contribution in [0.3, 0.4) is 0 Å². The van der Waals surface area contributed by atoms with Crippen LogP contribution in [-0.2, 0) is 0 Å². The van der Waals surface area contributed by atoms with Crippen LogP contribution >= 0.6 is 0 Å². The van der Waals surface area contributed by atoms with E-state index in [1.807, 2.05) is 0 Å². The van der Waals surface area contributed by atoms with Gasteiger partial charge in [-0.15, -0.1) is 0 Å². The minimum absolute atomic E-state index is 0.109. The highest BCUT2D eigenvalue weighted by Gasteiger charge is 2.16. The maximum Gasteiger partial charge on any atom is 0.335 e. The largest absolute Gasteiger partial charge is 0.494 e. The number of carbonyl (C=O) groups is 2. The summed E-state index contributed by atoms with van der Waals surface area (Å²) in [7, 11) is 1.38. The normalized spacial score (nSPS) is 11.1. The molecule has 140 valence electrons. The summed E-state index contributed by atoms with van der Waals surface area (Å²) in [5.41, 5.74) is 8.19. The van der Waals surface area contributed by atoms with Crippen molar-refractivity contribution in [3.8, 4) is 16.9 Å². The average molecular weight is 378 g/mol. The molecule has 1 aromatic heterocycles. The number of amides is 1. The van der Waals surface area contributed by atoms with Gasteiger partial charge in [0.1, 0.15) is 0 Å². The van der Waals surface area contributed by atoms with Gasteiger partial charge in [-0.2, -0.15) is 0 Å². The number of nitrogens with two attached hydrogens (primary N) is 1. The van der Waals surface area contributed by atoms with E-state index in [4.69, 9.17) is 10.5 Å². The molecule has 0 aliphatic heterocycles. The van der Waals surface area contributed by atoms with Crippen molar-refractivity contribution in [2.24, 2.45) is 5.73 Å². The third-order valence-corrected chi connectivity index (χ3v) is 4.71. The van der Waals surface area contributed by atoms with Gasteiger partial charge in [0.2, 0.25) is 0 Å². The fourth-order valence-corrected chi connectivity index (χ4v) is 3.34. The second-order valence-corrected chi connectivity index (χ2v) is 6.35. The average Bonchev–Trinajstić information content (AvgIpc) is 3.04. The number of hydrogen-bond acceptors (Lipinski definition) is 3. The number of fused-ring (bicyclic) bond motifs is 3. The number of primary amides is 1. The van der Waals surface area contributed by atoms with Crippen molar-refractivity contribution in [2.75, 3.05) is 7.11 Å². The minimum atomic E-state index is -1.06. The molecule has 1 heterocycles. The molecule has 0 bridgehead atoms. The van der Waals surface area contributed by atoms with Gasteiger partial charge in [-0.1, -0.05) is 6.07 Å². The van der Waals surface area contributed by atoms with Crippen molar-refractivity contribution in [3.63, 3.8) is 0 Å². The highest BCUT2D eigenvalue weighted by molar-refractivity contribution is 6.17. The number of aromatic carboxylic acids is 1. The van der Waals surface area contributed by atoms with E-state index in [0.29, 0.717) is 32.9 Å². The predicted octanol–water partition coefficient (Wildman–Crippen LogP) is 3.93. The van der Waals surface area contributed by atoms with Gasteiger partial charge in [0.15, 0.2) is 11.6 Å². The Bertz CT molecular complexity index is 1280. The Labute approximate surface area is 158 Å². The molecule has 6 nitrogen and oxygen atoms in total. The molecule has 4 rings (SSSR count). The zero-order chi connectivity index (χ0) is 20.0. The number of carboxylic acids is 1. The zero-order valence-electron chi connectivity index (χ0n) is 14.7. The molecule has 28 heavy (non-hydrogen) atoms. The summed E-state index contributed by atoms with van der Waals surface area (Å²) in [5, 5.41) is 10.5. The lowest BCUT2D eigenvalue weighted by molar-refractivity contribution is 0.0697. The van der Waals surface area contributed by atoms with Crippen LogP contribution in [0.15, 0.2) is 48.5 Å². The Kier molecular flexibility index (Phi) is 4.00. The summed E-state index contributed by atoms with van der Waals surface area (Å²) in [5.74, 6) is -2.13. The molecule has 0 atom stereocenters. The van der Waals surface area contributed by atoms with Crippen LogP contribution in [0.1, 0.15) is 20.7 Å². The second-order valence-electron chi connectivity index (χ2n) is 6.35. The van der Waals surface area contributed by atoms with Crippen LogP contribution in [0.2, 0.25) is 0 Å². The molecule has 0 fully saturated rings. The molecule has 0 aliphatic carbocycles. The summed E-state index contributed by atoms with van der Waals surface area (Å²) in [6, 6.07) is 12.5. The third kappa shape index (κ3) is 2.73. The Morgan fingerprint density at radius 2 is 1.82 bits per heavy atom. The second kappa shape index (κ2) is 6.38. The fourth-order valence-electron chi connectivity index (χ4n) is 3.34. The number of hydrogen-bond donors (Lipinski definition) is 3. The molecule has 3 aromatic carbocycles. The zero-order valence-corrected chi connectivity index (χ0v) is 14.7. The van der Waals surface area contributed by atoms with Crippen molar-refractivity contribution in [1.82, 2.24) is 4.98 Å². The molecule has 4 N–H and O–H groups in total. The third-order valence-electron chi connectivity index (χ3n) is 4.71. The molecule has 4 aromatic rings. The number of nitrogens with one attached hydrogen (secondary N) is 1. The highest BCUT2D eigenvalue weighted by atomic mass is 19.1. The van der Waals surface area contributed by atoms with Crippen LogP contribution < -0.4 is 10.5 Å². The number of benzene rings is 3. The van der Waals surface area contributed by atoms with Gasteiger partial charge < -0.3 is 20.6 Å². The number of H-pyrrole nitrogens is 1. The first-order valence-corrected chi connectivity index (χ1v) is 8.35. The van der Waals surface area contributed by atoms with Crippen molar-refractivity contribution in [1.29, 1.82) is 0 Å². The summed E-state index contributed by atoms with van der Waals surface area (Å²) in [4.78, 5) is 26.5. The first kappa shape index (κ1) is 17.5. The highest BCUT2D eigenvalue weighted by Crippen LogP contribution is 2.34. The summed E-state index contributed by atoms with van der Waals surface area (Å²) >= 11 is 0. The SMILES string of the molecule is COc1ccc(-c2cc(C(N)=O)c3[nH]c4ccc(C(=O)O)cc4c3c2)cc1F. The first-order chi connectivity index (χ1) is 13.4. The number of aromatic amines is 1. The first-order valence-electron chi connectivity index (χ1n) is 8.35. The summed E-state index contributed by atoms with van der Waals surface area (Å²) in [6.07, 6.45) is 0. The molecular weight excluding hydrogens is 363 g/mol. The van der Waals surface area contributed by atoms with E-state index in [1.165, 1.54) is 31.4 Å². The maximum absolute atomic E-state index is 14.2. The van der Waals surface area contributed by atoms with Crippen molar-refractivity contribution >= 4 is 33.7 Å². The van der Waals surface area contributed by atoms with E-state index in [1.54, 1.807) is 24.3 Å². The lowest BCUT2D eigenvalue weighted by atomic mass is 9.98. The Morgan fingerprint density at radius 1 is 1.04 bits per heavy atom. The van der Waals surface area contributed by atoms with Gasteiger partial charge in [-0.05, 0) is 53.6 Å². The van der Waals surface area contributed by atoms with E-state index in [-0.39, 0.29) is 16.9 Å². The van der Waals surface area contributed by atoms with Crippen molar-refractivity contribution < 1.29 is 23.8 Å². The number of methoxy groups -OCH3 is 1. The van der Waals surface area contributed by atoms with Crippen LogP contribution in [0.4, 0.5) is 4.39 Å². The lowest BCUT2D eigenvalue weighted by Gasteiger charge is -2.08. The summed E-state index contributed by atoms with van der Waals surface area (Å²) in [6.45, 7) is 0. The van der Waals surface area contributed by atoms with Crippen LogP contribution in [0.5, 0.6) is 5.75 Å². The van der Waals surface area contributed by atoms with Gasteiger partial charge in [0.05, 0.1) is 23.8 Å². The molecule has 0 saturated carbocycles. The molecule has 1 amide bonds. The molecule has 0 radical (unpaired) electrons. The number of rotatable bonds is 4. The monoisotopic (exact) mass is 378 g/mol. The standard InChI is InChI=1S/C21H15FN2O4/c1-28-18-5-3-10(9-16(18)22)12-7-14-13-6-11(21(26)27)2-4-17(13)24-19(14)15(8-12)20(23)25/h2-9,24H,1H3,(H2,23,25)(H,26,27). The van der Waals surface area contributed by atoms with Gasteiger partial charge in [-0.25, -0.2) is 9.18 Å². The maximum atomic E-state index is 14.2. The van der Waals surface area contributed by atoms with Gasteiger partial charge in [0.25, 0.3) is 5.91 Å². The fraction of sp³-hybridized carbons (Fsp3) is 0.0476. The van der Waals surface area contributed by atoms with E-state index in [2.05, 4.69) is 4.98 Å². The van der Waals surface area contributed by atoms with E-state index in [9.17, 15) is 19.1 Å². The molecular formula is C21H15FN2O4. The van der Waals surface area contributed by atoms with Crippen LogP contribution in [-0.4, -0.2) is 29.1 Å². The molecule has 0 saturated heterocycles. The quantitative estimate of drug-likeness (QED) is 0.500. The molecule has 7 heteroatoms. The van der Waals surface area contributed by atoms with Crippen molar-refractivity contribution in [2.45, 2.75) is 0 Å². The van der Waals surface area contributed by atoms with Gasteiger partial charge >= 0.3 is 5.97 Å². The molecule has 0 unspecified atom stereocenters. The van der Waals surface area contributed by atoms with E-state index in [0.717, 1.165) is 0 Å². The van der Waals surface area contributed by atoms with Crippen LogP contribution in [0.25, 0.3) is 32.9 Å². The topological polar surface area (TPSA) is 105 Å². The Hall–Kier alpha value is -3.87. The van der Waals surface area contributed by atoms with E-state index >= 15 is 0 Å². The molecule has 0 spiro atoms. The lowest BCUT2D eigenvalue weighted by Crippen LogP contribution is -2.11. The number of halogens is 1. The number of ether oxygens (including phenoxy) is 1. The minimum Gasteiger partial charge on any atom is -0.494 e. The Morgan fingerprint density at radius 3 is 2.46 bits per heavy atom. The smallest absolute Gasteiger partial charge is 0.335 e. The van der Waals surface area contributed by atoms with Gasteiger partial charge in [-0.3, -0.25) is 4.79 Å². The number of carbonyl (C=O) groups excluding carboxylic acids is 1. The van der Waals surface area contributed by atoms with Crippen molar-refractivity contribution in [3.05, 3.63) is 65.5 Å².